The van der Waals surface area contributed by atoms with Gasteiger partial charge in [-0.3, -0.25) is 0 Å². The third kappa shape index (κ3) is 4.53. The zero-order chi connectivity index (χ0) is 17.5. The van der Waals surface area contributed by atoms with Gasteiger partial charge in [-0.2, -0.15) is 0 Å². The average Bonchev–Trinajstić information content (AvgIpc) is 2.68. The monoisotopic (exact) mass is 424 g/mol. The Kier molecular flexibility index (Phi) is 7.82. The van der Waals surface area contributed by atoms with Crippen LogP contribution < -0.4 is 27.6 Å². The molecule has 0 N–H and O–H groups in total. The van der Waals surface area contributed by atoms with Gasteiger partial charge in [-0.15, -0.1) is 0 Å². The molecule has 0 unspecified atom stereocenters. The molecule has 0 saturated heterocycles. The van der Waals surface area contributed by atoms with E-state index in [-0.39, 0.29) is 17.0 Å². The molecule has 0 aliphatic rings. The van der Waals surface area contributed by atoms with Crippen LogP contribution in [0.4, 0.5) is 0 Å². The van der Waals surface area contributed by atoms with Crippen LogP contribution in [0.2, 0.25) is 0 Å². The fraction of sp³-hybridized carbons (Fsp3) is 0.167. The van der Waals surface area contributed by atoms with E-state index in [0.717, 1.165) is 12.3 Å². The summed E-state index contributed by atoms with van der Waals surface area (Å²) in [6.07, 6.45) is 6.76. The lowest BCUT2D eigenvalue weighted by molar-refractivity contribution is -0.00000508. The molecule has 0 bridgehead atoms. The maximum Gasteiger partial charge on any atom is 0.0998 e. The van der Waals surface area contributed by atoms with Crippen molar-refractivity contribution in [2.75, 3.05) is 6.16 Å². The van der Waals surface area contributed by atoms with Gasteiger partial charge in [0.15, 0.2) is 0 Å². The summed E-state index contributed by atoms with van der Waals surface area (Å²) in [5.41, 5.74) is 2.85. The second-order valence-corrected chi connectivity index (χ2v) is 10.1. The summed E-state index contributed by atoms with van der Waals surface area (Å²) in [5, 5.41) is 2.98. The van der Waals surface area contributed by atoms with E-state index in [1.165, 1.54) is 21.7 Å². The molecule has 0 saturated carbocycles. The number of hydrogen-bond acceptors (Lipinski definition) is 0. The molecule has 2 heteroatoms. The lowest BCUT2D eigenvalue weighted by Gasteiger charge is -2.27. The van der Waals surface area contributed by atoms with E-state index in [2.05, 4.69) is 111 Å². The first kappa shape index (κ1) is 20.6. The molecule has 0 amide bonds. The molecule has 0 radical (unpaired) electrons. The van der Waals surface area contributed by atoms with Gasteiger partial charge in [0.05, 0.1) is 30.2 Å². The number of benzene rings is 3. The van der Waals surface area contributed by atoms with E-state index >= 15 is 0 Å². The maximum atomic E-state index is 2.35. The van der Waals surface area contributed by atoms with Crippen molar-refractivity contribution in [2.24, 2.45) is 0 Å². The van der Waals surface area contributed by atoms with Crippen LogP contribution in [0.5, 0.6) is 0 Å². The highest BCUT2D eigenvalue weighted by atomic mass is 79.9. The first-order chi connectivity index (χ1) is 12.3. The van der Waals surface area contributed by atoms with Gasteiger partial charge >= 0.3 is 0 Å². The van der Waals surface area contributed by atoms with Crippen molar-refractivity contribution in [1.29, 1.82) is 0 Å². The lowest BCUT2D eigenvalue weighted by Crippen LogP contribution is -3.00. The predicted molar refractivity (Wildman–Crippen MR) is 114 cm³/mol. The molecule has 134 valence electrons. The van der Waals surface area contributed by atoms with Crippen LogP contribution in [-0.4, -0.2) is 6.16 Å². The van der Waals surface area contributed by atoms with Crippen LogP contribution in [0.1, 0.15) is 18.1 Å². The zero-order valence-electron chi connectivity index (χ0n) is 15.5. The van der Waals surface area contributed by atoms with Crippen LogP contribution in [0.3, 0.4) is 0 Å². The smallest absolute Gasteiger partial charge is 0.0998 e. The van der Waals surface area contributed by atoms with Gasteiger partial charge in [-0.1, -0.05) is 72.8 Å². The van der Waals surface area contributed by atoms with Gasteiger partial charge in [0.25, 0.3) is 0 Å². The van der Waals surface area contributed by atoms with E-state index in [9.17, 15) is 0 Å². The minimum absolute atomic E-state index is 0. The van der Waals surface area contributed by atoms with Crippen molar-refractivity contribution >= 4 is 17.9 Å². The molecule has 0 heterocycles. The molecule has 3 aromatic rings. The van der Waals surface area contributed by atoms with E-state index in [1.807, 2.05) is 0 Å². The Bertz CT molecular complexity index is 786. The predicted octanol–water partition coefficient (Wildman–Crippen LogP) is 2.74. The number of halogens is 1. The molecule has 0 atom stereocenters. The molecule has 0 aliphatic carbocycles. The van der Waals surface area contributed by atoms with Gasteiger partial charge < -0.3 is 17.0 Å². The molecular formula is C24H26BrP. The minimum Gasteiger partial charge on any atom is -1.00 e. The number of aryl methyl sites for hydroxylation is 1. The molecule has 0 spiro atoms. The topological polar surface area (TPSA) is 0 Å². The summed E-state index contributed by atoms with van der Waals surface area (Å²) in [6, 6.07) is 31.1. The van der Waals surface area contributed by atoms with Crippen LogP contribution in [0.25, 0.3) is 0 Å². The Hall–Kier alpha value is -1.69. The van der Waals surface area contributed by atoms with Crippen LogP contribution in [0, 0.1) is 6.92 Å². The Morgan fingerprint density at radius 3 is 1.73 bits per heavy atom. The van der Waals surface area contributed by atoms with E-state index < -0.39 is 7.26 Å². The summed E-state index contributed by atoms with van der Waals surface area (Å²) in [5.74, 6) is 0. The standard InChI is InChI=1S/C24H26P.BrH/c1-3-4-19-25(23-15-7-5-8-16-23,24-17-9-6-10-18-24)20-22-14-12-11-13-21(22)2;/h3-18H,19-20H2,1-2H3;1H/q+1;/p-1/b4-3+;. The second kappa shape index (κ2) is 9.86. The van der Waals surface area contributed by atoms with Crippen molar-refractivity contribution in [1.82, 2.24) is 0 Å². The summed E-state index contributed by atoms with van der Waals surface area (Å²) < 4.78 is 0. The highest BCUT2D eigenvalue weighted by Gasteiger charge is 2.41. The summed E-state index contributed by atoms with van der Waals surface area (Å²) in [7, 11) is -1.55. The van der Waals surface area contributed by atoms with Gasteiger partial charge in [0, 0.05) is 0 Å². The summed E-state index contributed by atoms with van der Waals surface area (Å²) >= 11 is 0. The SMILES string of the molecule is C/C=C/C[P+](Cc1ccccc1C)(c1ccccc1)c1ccccc1.[Br-]. The fourth-order valence-corrected chi connectivity index (χ4v) is 7.60. The van der Waals surface area contributed by atoms with Gasteiger partial charge in [0.2, 0.25) is 0 Å². The third-order valence-electron chi connectivity index (χ3n) is 4.86. The van der Waals surface area contributed by atoms with Gasteiger partial charge in [-0.25, -0.2) is 0 Å². The molecular weight excluding hydrogens is 399 g/mol. The molecule has 3 rings (SSSR count). The summed E-state index contributed by atoms with van der Waals surface area (Å²) in [6.45, 7) is 4.36. The van der Waals surface area contributed by atoms with Crippen molar-refractivity contribution < 1.29 is 17.0 Å². The Labute approximate surface area is 169 Å². The van der Waals surface area contributed by atoms with E-state index in [4.69, 9.17) is 0 Å². The van der Waals surface area contributed by atoms with Gasteiger partial charge in [0.1, 0.15) is 0 Å². The highest BCUT2D eigenvalue weighted by molar-refractivity contribution is 7.89. The fourth-order valence-electron chi connectivity index (χ4n) is 3.40. The zero-order valence-corrected chi connectivity index (χ0v) is 18.0. The normalized spacial score (nSPS) is 11.3. The van der Waals surface area contributed by atoms with Crippen molar-refractivity contribution in [3.8, 4) is 0 Å². The van der Waals surface area contributed by atoms with Crippen molar-refractivity contribution in [3.05, 3.63) is 108 Å². The first-order valence-electron chi connectivity index (χ1n) is 8.90. The minimum atomic E-state index is -1.55. The number of hydrogen-bond donors (Lipinski definition) is 0. The van der Waals surface area contributed by atoms with E-state index in [0.29, 0.717) is 0 Å². The molecule has 0 fully saturated rings. The highest BCUT2D eigenvalue weighted by Crippen LogP contribution is 2.59. The first-order valence-corrected chi connectivity index (χ1v) is 11.1. The van der Waals surface area contributed by atoms with Crippen molar-refractivity contribution in [2.45, 2.75) is 20.0 Å². The lowest BCUT2D eigenvalue weighted by atomic mass is 10.1. The quantitative estimate of drug-likeness (QED) is 0.421. The van der Waals surface area contributed by atoms with Gasteiger partial charge in [-0.05, 0) is 49.2 Å². The van der Waals surface area contributed by atoms with Crippen LogP contribution >= 0.6 is 7.26 Å². The third-order valence-corrected chi connectivity index (χ3v) is 9.14. The molecule has 0 aliphatic heterocycles. The Morgan fingerprint density at radius 2 is 1.23 bits per heavy atom. The average molecular weight is 425 g/mol. The maximum absolute atomic E-state index is 2.35. The Balaban J connectivity index is 0.00000243. The molecule has 3 aromatic carbocycles. The molecule has 26 heavy (non-hydrogen) atoms. The molecule has 0 aromatic heterocycles. The summed E-state index contributed by atoms with van der Waals surface area (Å²) in [4.78, 5) is 0. The second-order valence-electron chi connectivity index (χ2n) is 6.48. The number of allylic oxidation sites excluding steroid dienone is 2. The molecule has 0 nitrogen and oxygen atoms in total. The Morgan fingerprint density at radius 1 is 0.731 bits per heavy atom. The van der Waals surface area contributed by atoms with E-state index in [1.54, 1.807) is 0 Å². The van der Waals surface area contributed by atoms with Crippen LogP contribution in [-0.2, 0) is 6.16 Å². The largest absolute Gasteiger partial charge is 1.00 e. The van der Waals surface area contributed by atoms with Crippen LogP contribution in [0.15, 0.2) is 97.1 Å². The van der Waals surface area contributed by atoms with Crippen molar-refractivity contribution in [3.63, 3.8) is 0 Å². The number of rotatable bonds is 6.